The molecule has 0 unspecified atom stereocenters. The van der Waals surface area contributed by atoms with Gasteiger partial charge in [0.25, 0.3) is 0 Å². The van der Waals surface area contributed by atoms with E-state index in [-0.39, 0.29) is 27.5 Å². The molecule has 0 spiro atoms. The minimum Gasteiger partial charge on any atom is -0.505 e. The maximum absolute atomic E-state index is 13.0. The van der Waals surface area contributed by atoms with E-state index in [0.29, 0.717) is 5.39 Å². The molecule has 6 nitrogen and oxygen atoms in total. The highest BCUT2D eigenvalue weighted by atomic mass is 35.8. The number of aromatic hydroxyl groups is 1. The Bertz CT molecular complexity index is 1580. The summed E-state index contributed by atoms with van der Waals surface area (Å²) in [6.07, 6.45) is -9.49. The van der Waals surface area contributed by atoms with Crippen LogP contribution in [-0.4, -0.2) is 45.1 Å². The van der Waals surface area contributed by atoms with Gasteiger partial charge in [0.15, 0.2) is 34.5 Å². The first-order valence-electron chi connectivity index (χ1n) is 11.1. The molecule has 0 saturated carbocycles. The van der Waals surface area contributed by atoms with Gasteiger partial charge in [-0.3, -0.25) is 9.59 Å². The summed E-state index contributed by atoms with van der Waals surface area (Å²) in [5.74, 6) is -2.79. The molecule has 1 N–H and O–H groups in total. The lowest BCUT2D eigenvalue weighted by molar-refractivity contribution is -0.143. The van der Waals surface area contributed by atoms with Crippen LogP contribution in [0.15, 0.2) is 48.5 Å². The number of ether oxygens (including phenoxy) is 1. The van der Waals surface area contributed by atoms with Gasteiger partial charge >= 0.3 is 23.7 Å². The first kappa shape index (κ1) is 34.4. The summed E-state index contributed by atoms with van der Waals surface area (Å²) in [6, 6.07) is 12.0. The van der Waals surface area contributed by atoms with Gasteiger partial charge in [-0.05, 0) is 26.0 Å². The van der Waals surface area contributed by atoms with Crippen molar-refractivity contribution in [2.45, 2.75) is 26.2 Å². The van der Waals surface area contributed by atoms with Crippen LogP contribution >= 0.6 is 30.1 Å². The van der Waals surface area contributed by atoms with Crippen LogP contribution in [0.3, 0.4) is 0 Å². The maximum Gasteiger partial charge on any atom is 0.643 e. The number of hydrogen-bond donors (Lipinski definition) is 1. The van der Waals surface area contributed by atoms with Gasteiger partial charge in [-0.1, -0.05) is 36.4 Å². The first-order chi connectivity index (χ1) is 18.9. The molecule has 41 heavy (non-hydrogen) atoms. The topological polar surface area (TPSA) is 89.4 Å². The quantitative estimate of drug-likeness (QED) is 0.135. The monoisotopic (exact) mass is 656 g/mol. The normalized spacial score (nSPS) is 11.2. The number of aromatic nitrogens is 2. The third-order valence-electron chi connectivity index (χ3n) is 5.16. The summed E-state index contributed by atoms with van der Waals surface area (Å²) < 4.78 is 81.7. The number of carbonyl (C=O) groups is 2. The molecule has 0 aliphatic heterocycles. The number of alkyl halides is 6. The van der Waals surface area contributed by atoms with E-state index in [1.165, 1.54) is 31.2 Å². The molecular formula is C25H18AlCl3F6N2O4. The number of rotatable bonds is 3. The molecule has 2 aromatic heterocycles. The number of pyridine rings is 2. The number of carbonyl (C=O) groups excluding carboxylic acids is 2. The highest BCUT2D eigenvalue weighted by molar-refractivity contribution is 7.54. The Morgan fingerprint density at radius 3 is 1.49 bits per heavy atom. The van der Waals surface area contributed by atoms with Crippen molar-refractivity contribution in [2.24, 2.45) is 0 Å². The second-order valence-corrected chi connectivity index (χ2v) is 14.4. The number of hydrogen-bond acceptors (Lipinski definition) is 6. The second kappa shape index (κ2) is 13.9. The lowest BCUT2D eigenvalue weighted by Gasteiger charge is -2.15. The molecule has 0 fully saturated rings. The fraction of sp³-hybridized carbons (Fsp3) is 0.200. The van der Waals surface area contributed by atoms with Crippen molar-refractivity contribution in [1.82, 2.24) is 9.97 Å². The summed E-state index contributed by atoms with van der Waals surface area (Å²) >= 11 is -1.72. The number of Topliss-reactive ketones (excluding diaryl/α,β-unsaturated/α-hetero) is 2. The summed E-state index contributed by atoms with van der Waals surface area (Å²) in [4.78, 5) is 30.0. The molecule has 0 saturated heterocycles. The van der Waals surface area contributed by atoms with Gasteiger partial charge < -0.3 is 9.84 Å². The number of benzene rings is 2. The molecule has 4 rings (SSSR count). The Morgan fingerprint density at radius 1 is 0.756 bits per heavy atom. The van der Waals surface area contributed by atoms with E-state index in [2.05, 4.69) is 9.97 Å². The summed E-state index contributed by atoms with van der Waals surface area (Å²) in [7, 11) is 15.9. The molecule has 0 aliphatic carbocycles. The Kier molecular flexibility index (Phi) is 11.7. The van der Waals surface area contributed by atoms with Gasteiger partial charge in [-0.2, -0.15) is 26.3 Å². The van der Waals surface area contributed by atoms with E-state index in [4.69, 9.17) is 34.9 Å². The third-order valence-corrected chi connectivity index (χ3v) is 5.16. The molecule has 218 valence electrons. The fourth-order valence-electron chi connectivity index (χ4n) is 3.69. The molecule has 0 radical (unpaired) electrons. The molecule has 0 amide bonds. The van der Waals surface area contributed by atoms with Gasteiger partial charge in [-0.15, -0.1) is 0 Å². The van der Waals surface area contributed by atoms with Crippen molar-refractivity contribution in [2.75, 3.05) is 7.11 Å². The summed E-state index contributed by atoms with van der Waals surface area (Å²) in [5.41, 5.74) is -2.94. The minimum atomic E-state index is -4.81. The fourth-order valence-corrected chi connectivity index (χ4v) is 3.69. The average Bonchev–Trinajstić information content (AvgIpc) is 2.85. The van der Waals surface area contributed by atoms with Crippen LogP contribution in [0.4, 0.5) is 26.3 Å². The zero-order valence-corrected chi connectivity index (χ0v) is 24.6. The Balaban J connectivity index is 0.000000254. The Morgan fingerprint density at radius 2 is 1.12 bits per heavy atom. The number of para-hydroxylation sites is 2. The first-order valence-corrected chi connectivity index (χ1v) is 16.3. The predicted molar refractivity (Wildman–Crippen MR) is 145 cm³/mol. The molecule has 4 aromatic rings. The number of ketones is 2. The predicted octanol–water partition coefficient (Wildman–Crippen LogP) is 8.31. The van der Waals surface area contributed by atoms with Gasteiger partial charge in [0.05, 0.1) is 29.3 Å². The molecule has 2 aromatic carbocycles. The van der Waals surface area contributed by atoms with Crippen LogP contribution < -0.4 is 4.74 Å². The number of halogens is 9. The highest BCUT2D eigenvalue weighted by Crippen LogP contribution is 2.40. The SMILES string of the molecule is CC(=O)c1c(O)c(C(F)(F)F)nc2ccccc12.COc1c(C(F)(F)F)nc2ccccc2c1C(C)=O.[Cl][Al]([Cl])[Cl]. The smallest absolute Gasteiger partial charge is 0.505 e. The van der Waals surface area contributed by atoms with E-state index in [9.17, 15) is 41.0 Å². The van der Waals surface area contributed by atoms with Gasteiger partial charge in [0.1, 0.15) is 0 Å². The number of nitrogens with zero attached hydrogens (tertiary/aromatic N) is 2. The van der Waals surface area contributed by atoms with E-state index in [0.717, 1.165) is 14.0 Å². The highest BCUT2D eigenvalue weighted by Gasteiger charge is 2.39. The number of fused-ring (bicyclic) bond motifs is 2. The van der Waals surface area contributed by atoms with Crippen LogP contribution in [0.5, 0.6) is 11.5 Å². The van der Waals surface area contributed by atoms with Gasteiger partial charge in [-0.25, -0.2) is 40.1 Å². The van der Waals surface area contributed by atoms with Crippen molar-refractivity contribution in [3.05, 3.63) is 71.0 Å². The molecule has 16 heteroatoms. The van der Waals surface area contributed by atoms with Crippen molar-refractivity contribution >= 4 is 74.9 Å². The third kappa shape index (κ3) is 8.59. The Labute approximate surface area is 245 Å². The lowest BCUT2D eigenvalue weighted by Crippen LogP contribution is -2.14. The van der Waals surface area contributed by atoms with Crippen molar-refractivity contribution in [1.29, 1.82) is 0 Å². The molecule has 0 aliphatic rings. The number of methoxy groups -OCH3 is 1. The zero-order valence-electron chi connectivity index (χ0n) is 21.2. The van der Waals surface area contributed by atoms with E-state index in [1.54, 1.807) is 24.3 Å². The van der Waals surface area contributed by atoms with Gasteiger partial charge in [0.2, 0.25) is 0 Å². The summed E-state index contributed by atoms with van der Waals surface area (Å²) in [6.45, 7) is 2.30. The standard InChI is InChI=1S/C13H10F3NO2.C12H8F3NO2.Al.3ClH/c1-7(18)10-8-5-3-4-6-9(8)17-12(11(10)19-2)13(14,15)16;1-6(17)9-7-4-2-3-5-8(7)16-11(10(9)18)12(13,14)15;;;;/h3-6H,1-2H3;2-5,18H,1H3;;3*1H/q;;+3;;;/p-3. The molecular weight excluding hydrogens is 640 g/mol. The van der Waals surface area contributed by atoms with Crippen molar-refractivity contribution in [3.63, 3.8) is 0 Å². The summed E-state index contributed by atoms with van der Waals surface area (Å²) in [5, 5.41) is 10.1. The van der Waals surface area contributed by atoms with E-state index in [1.807, 2.05) is 0 Å². The zero-order chi connectivity index (χ0) is 31.3. The van der Waals surface area contributed by atoms with Crippen LogP contribution in [0.2, 0.25) is 0 Å². The molecule has 0 atom stereocenters. The molecule has 0 bridgehead atoms. The largest absolute Gasteiger partial charge is 0.643 e. The van der Waals surface area contributed by atoms with Crippen LogP contribution in [0.25, 0.3) is 21.8 Å². The average molecular weight is 658 g/mol. The lowest BCUT2D eigenvalue weighted by atomic mass is 10.0. The van der Waals surface area contributed by atoms with Crippen molar-refractivity contribution in [3.8, 4) is 11.5 Å². The van der Waals surface area contributed by atoms with E-state index >= 15 is 0 Å². The Hall–Kier alpha value is -2.82. The molecule has 2 heterocycles. The van der Waals surface area contributed by atoms with Gasteiger partial charge in [0, 0.05) is 10.8 Å². The van der Waals surface area contributed by atoms with Crippen LogP contribution in [0.1, 0.15) is 46.0 Å². The maximum atomic E-state index is 13.0. The van der Waals surface area contributed by atoms with E-state index < -0.39 is 58.2 Å². The second-order valence-electron chi connectivity index (χ2n) is 7.94. The van der Waals surface area contributed by atoms with Crippen LogP contribution in [-0.2, 0) is 12.4 Å². The van der Waals surface area contributed by atoms with Crippen LogP contribution in [0, 0.1) is 0 Å². The minimum absolute atomic E-state index is 0.0211. The van der Waals surface area contributed by atoms with Crippen molar-refractivity contribution < 1.29 is 45.8 Å².